The molecule has 0 bridgehead atoms. The first-order chi connectivity index (χ1) is 11.6. The van der Waals surface area contributed by atoms with Crippen LogP contribution in [0.3, 0.4) is 0 Å². The standard InChI is InChI=1S/C16H13F6NO2.ClH/c17-15(18,19)12-4-2-1-3-11(12)10-5-6-13(25-16(20,21)22)14(9-10)24-8-7-23;/h1-6,9H,7-8,23H2;1H. The topological polar surface area (TPSA) is 44.5 Å². The van der Waals surface area contributed by atoms with Gasteiger partial charge in [-0.25, -0.2) is 0 Å². The highest BCUT2D eigenvalue weighted by Gasteiger charge is 2.34. The van der Waals surface area contributed by atoms with Crippen LogP contribution in [0, 0.1) is 0 Å². The lowest BCUT2D eigenvalue weighted by Gasteiger charge is -2.17. The van der Waals surface area contributed by atoms with Crippen molar-refractivity contribution in [2.24, 2.45) is 5.73 Å². The number of nitrogens with two attached hydrogens (primary N) is 1. The van der Waals surface area contributed by atoms with Crippen LogP contribution in [0.25, 0.3) is 11.1 Å². The van der Waals surface area contributed by atoms with Gasteiger partial charge < -0.3 is 15.2 Å². The van der Waals surface area contributed by atoms with Crippen molar-refractivity contribution in [1.29, 1.82) is 0 Å². The minimum absolute atomic E-state index is 0. The molecule has 0 fully saturated rings. The number of benzene rings is 2. The van der Waals surface area contributed by atoms with Crippen LogP contribution < -0.4 is 15.2 Å². The van der Waals surface area contributed by atoms with Crippen molar-refractivity contribution in [2.75, 3.05) is 13.2 Å². The van der Waals surface area contributed by atoms with Crippen LogP contribution in [0.2, 0.25) is 0 Å². The van der Waals surface area contributed by atoms with Gasteiger partial charge in [0.25, 0.3) is 0 Å². The molecule has 0 saturated heterocycles. The Hall–Kier alpha value is -2.13. The minimum atomic E-state index is -4.97. The summed E-state index contributed by atoms with van der Waals surface area (Å²) < 4.78 is 85.6. The first kappa shape index (κ1) is 21.9. The molecule has 0 amide bonds. The molecule has 10 heteroatoms. The summed E-state index contributed by atoms with van der Waals surface area (Å²) in [5.41, 5.74) is 4.18. The molecule has 0 aliphatic heterocycles. The first-order valence-electron chi connectivity index (χ1n) is 7.01. The Kier molecular flexibility index (Phi) is 7.16. The van der Waals surface area contributed by atoms with E-state index in [1.807, 2.05) is 0 Å². The Labute approximate surface area is 151 Å². The molecule has 2 rings (SSSR count). The van der Waals surface area contributed by atoms with Crippen LogP contribution in [-0.4, -0.2) is 19.5 Å². The molecule has 144 valence electrons. The van der Waals surface area contributed by atoms with Gasteiger partial charge in [0.05, 0.1) is 5.56 Å². The van der Waals surface area contributed by atoms with Crippen LogP contribution in [0.1, 0.15) is 5.56 Å². The van der Waals surface area contributed by atoms with Gasteiger partial charge in [0, 0.05) is 6.54 Å². The van der Waals surface area contributed by atoms with Crippen LogP contribution in [0.15, 0.2) is 42.5 Å². The predicted octanol–water partition coefficient (Wildman–Crippen LogP) is 5.03. The van der Waals surface area contributed by atoms with Gasteiger partial charge in [-0.3, -0.25) is 0 Å². The second-order valence-corrected chi connectivity index (χ2v) is 4.89. The van der Waals surface area contributed by atoms with E-state index in [0.717, 1.165) is 24.3 Å². The van der Waals surface area contributed by atoms with Crippen molar-refractivity contribution in [2.45, 2.75) is 12.5 Å². The molecule has 0 atom stereocenters. The lowest BCUT2D eigenvalue weighted by atomic mass is 9.99. The predicted molar refractivity (Wildman–Crippen MR) is 85.4 cm³/mol. The quantitative estimate of drug-likeness (QED) is 0.715. The number of rotatable bonds is 5. The molecule has 0 saturated carbocycles. The van der Waals surface area contributed by atoms with E-state index in [-0.39, 0.29) is 42.4 Å². The van der Waals surface area contributed by atoms with Crippen LogP contribution in [-0.2, 0) is 6.18 Å². The zero-order valence-electron chi connectivity index (χ0n) is 13.0. The van der Waals surface area contributed by atoms with Gasteiger partial charge in [-0.15, -0.1) is 25.6 Å². The number of hydrogen-bond donors (Lipinski definition) is 1. The first-order valence-corrected chi connectivity index (χ1v) is 7.01. The second-order valence-electron chi connectivity index (χ2n) is 4.89. The van der Waals surface area contributed by atoms with Crippen molar-refractivity contribution in [1.82, 2.24) is 0 Å². The molecule has 0 aromatic heterocycles. The van der Waals surface area contributed by atoms with Gasteiger partial charge in [-0.05, 0) is 29.3 Å². The van der Waals surface area contributed by atoms with Crippen LogP contribution in [0.4, 0.5) is 26.3 Å². The van der Waals surface area contributed by atoms with E-state index in [2.05, 4.69) is 4.74 Å². The fourth-order valence-corrected chi connectivity index (χ4v) is 2.15. The van der Waals surface area contributed by atoms with E-state index < -0.39 is 23.9 Å². The Balaban J connectivity index is 0.00000338. The zero-order chi connectivity index (χ0) is 18.7. The molecular formula is C16H14ClF6NO2. The maximum atomic E-state index is 13.1. The number of ether oxygens (including phenoxy) is 2. The summed E-state index contributed by atoms with van der Waals surface area (Å²) >= 11 is 0. The molecule has 0 unspecified atom stereocenters. The smallest absolute Gasteiger partial charge is 0.488 e. The van der Waals surface area contributed by atoms with Crippen LogP contribution in [0.5, 0.6) is 11.5 Å². The molecule has 2 aromatic carbocycles. The summed E-state index contributed by atoms with van der Waals surface area (Å²) in [5.74, 6) is -1.01. The van der Waals surface area contributed by atoms with E-state index in [0.29, 0.717) is 0 Å². The van der Waals surface area contributed by atoms with Gasteiger partial charge in [0.2, 0.25) is 0 Å². The summed E-state index contributed by atoms with van der Waals surface area (Å²) in [6.45, 7) is -0.118. The molecule has 0 aliphatic rings. The van der Waals surface area contributed by atoms with Gasteiger partial charge in [-0.2, -0.15) is 13.2 Å². The van der Waals surface area contributed by atoms with E-state index in [1.165, 1.54) is 18.2 Å². The summed E-state index contributed by atoms with van der Waals surface area (Å²) in [4.78, 5) is 0. The third-order valence-corrected chi connectivity index (χ3v) is 3.09. The average Bonchev–Trinajstić information content (AvgIpc) is 2.52. The molecule has 0 heterocycles. The fourth-order valence-electron chi connectivity index (χ4n) is 2.15. The fraction of sp³-hybridized carbons (Fsp3) is 0.250. The van der Waals surface area contributed by atoms with E-state index in [9.17, 15) is 26.3 Å². The Bertz CT molecular complexity index is 733. The largest absolute Gasteiger partial charge is 0.573 e. The third-order valence-electron chi connectivity index (χ3n) is 3.09. The average molecular weight is 402 g/mol. The summed E-state index contributed by atoms with van der Waals surface area (Å²) in [6, 6.07) is 7.78. The van der Waals surface area contributed by atoms with Crippen molar-refractivity contribution in [3.05, 3.63) is 48.0 Å². The normalized spacial score (nSPS) is 11.7. The van der Waals surface area contributed by atoms with E-state index in [1.54, 1.807) is 0 Å². The van der Waals surface area contributed by atoms with Gasteiger partial charge in [0.1, 0.15) is 6.61 Å². The Morgan fingerprint density at radius 3 is 2.12 bits per heavy atom. The van der Waals surface area contributed by atoms with Crippen molar-refractivity contribution >= 4 is 12.4 Å². The summed E-state index contributed by atoms with van der Waals surface area (Å²) in [5, 5.41) is 0. The van der Waals surface area contributed by atoms with Gasteiger partial charge >= 0.3 is 12.5 Å². The summed E-state index contributed by atoms with van der Waals surface area (Å²) in [7, 11) is 0. The molecule has 26 heavy (non-hydrogen) atoms. The highest BCUT2D eigenvalue weighted by atomic mass is 35.5. The SMILES string of the molecule is Cl.NCCOc1cc(-c2ccccc2C(F)(F)F)ccc1OC(F)(F)F. The molecule has 3 nitrogen and oxygen atoms in total. The molecule has 2 N–H and O–H groups in total. The molecule has 2 aromatic rings. The number of halogens is 7. The lowest BCUT2D eigenvalue weighted by molar-refractivity contribution is -0.275. The number of hydrogen-bond acceptors (Lipinski definition) is 3. The molecule has 0 radical (unpaired) electrons. The van der Waals surface area contributed by atoms with E-state index in [4.69, 9.17) is 10.5 Å². The van der Waals surface area contributed by atoms with E-state index >= 15 is 0 Å². The monoisotopic (exact) mass is 401 g/mol. The molecule has 0 aliphatic carbocycles. The third kappa shape index (κ3) is 5.70. The van der Waals surface area contributed by atoms with Crippen molar-refractivity contribution < 1.29 is 35.8 Å². The van der Waals surface area contributed by atoms with Crippen LogP contribution >= 0.6 is 12.4 Å². The summed E-state index contributed by atoms with van der Waals surface area (Å²) in [6.07, 6.45) is -9.58. The van der Waals surface area contributed by atoms with Crippen molar-refractivity contribution in [3.63, 3.8) is 0 Å². The minimum Gasteiger partial charge on any atom is -0.488 e. The zero-order valence-corrected chi connectivity index (χ0v) is 13.8. The molecule has 0 spiro atoms. The van der Waals surface area contributed by atoms with Gasteiger partial charge in [-0.1, -0.05) is 24.3 Å². The maximum absolute atomic E-state index is 13.1. The van der Waals surface area contributed by atoms with Gasteiger partial charge in [0.15, 0.2) is 11.5 Å². The highest BCUT2D eigenvalue weighted by molar-refractivity contribution is 5.85. The maximum Gasteiger partial charge on any atom is 0.573 e. The Morgan fingerprint density at radius 1 is 0.885 bits per heavy atom. The molecular weight excluding hydrogens is 388 g/mol. The number of alkyl halides is 6. The Morgan fingerprint density at radius 2 is 1.54 bits per heavy atom. The van der Waals surface area contributed by atoms with Crippen molar-refractivity contribution in [3.8, 4) is 22.6 Å². The second kappa shape index (κ2) is 8.50. The highest BCUT2D eigenvalue weighted by Crippen LogP contribution is 2.40. The lowest BCUT2D eigenvalue weighted by Crippen LogP contribution is -2.18.